The Morgan fingerprint density at radius 1 is 1.09 bits per heavy atom. The highest BCUT2D eigenvalue weighted by atomic mass is 32.2. The molecule has 0 saturated heterocycles. The van der Waals surface area contributed by atoms with Gasteiger partial charge in [0, 0.05) is 24.7 Å². The lowest BCUT2D eigenvalue weighted by Crippen LogP contribution is -2.56. The second kappa shape index (κ2) is 8.21. The van der Waals surface area contributed by atoms with E-state index in [4.69, 9.17) is 5.11 Å². The van der Waals surface area contributed by atoms with Crippen molar-refractivity contribution in [3.63, 3.8) is 0 Å². The molecule has 0 aromatic carbocycles. The van der Waals surface area contributed by atoms with Gasteiger partial charge in [0.1, 0.15) is 0 Å². The second-order valence-electron chi connectivity index (χ2n) is 7.93. The van der Waals surface area contributed by atoms with E-state index in [2.05, 4.69) is 16.5 Å². The highest BCUT2D eigenvalue weighted by Crippen LogP contribution is 2.34. The zero-order valence-corrected chi connectivity index (χ0v) is 15.2. The van der Waals surface area contributed by atoms with Gasteiger partial charge in [-0.2, -0.15) is 11.8 Å². The van der Waals surface area contributed by atoms with E-state index in [1.165, 1.54) is 44.3 Å². The lowest BCUT2D eigenvalue weighted by Gasteiger charge is -2.45. The van der Waals surface area contributed by atoms with Crippen molar-refractivity contribution >= 4 is 17.7 Å². The van der Waals surface area contributed by atoms with Gasteiger partial charge in [-0.1, -0.05) is 0 Å². The molecule has 23 heavy (non-hydrogen) atoms. The van der Waals surface area contributed by atoms with Crippen molar-refractivity contribution in [2.24, 2.45) is 11.8 Å². The maximum Gasteiger partial charge on any atom is 0.317 e. The molecule has 3 aliphatic carbocycles. The summed E-state index contributed by atoms with van der Waals surface area (Å²) in [5, 5.41) is 13.0. The Kier molecular flexibility index (Phi) is 6.27. The summed E-state index contributed by atoms with van der Waals surface area (Å²) < 4.78 is 0. The quantitative estimate of drug-likeness (QED) is 0.676. The first kappa shape index (κ1) is 17.6. The molecule has 132 valence electrons. The predicted molar refractivity (Wildman–Crippen MR) is 96.0 cm³/mol. The first-order chi connectivity index (χ1) is 11.1. The highest BCUT2D eigenvalue weighted by molar-refractivity contribution is 7.98. The van der Waals surface area contributed by atoms with Gasteiger partial charge in [0.15, 0.2) is 0 Å². The van der Waals surface area contributed by atoms with Crippen LogP contribution < -0.4 is 5.32 Å². The molecule has 3 rings (SSSR count). The van der Waals surface area contributed by atoms with Crippen LogP contribution in [0.15, 0.2) is 0 Å². The van der Waals surface area contributed by atoms with E-state index in [0.29, 0.717) is 18.1 Å². The summed E-state index contributed by atoms with van der Waals surface area (Å²) in [4.78, 5) is 13.3. The van der Waals surface area contributed by atoms with E-state index in [0.717, 1.165) is 31.2 Å². The molecule has 0 spiro atoms. The maximum atomic E-state index is 11.1. The van der Waals surface area contributed by atoms with Crippen LogP contribution in [0.5, 0.6) is 0 Å². The molecule has 2 N–H and O–H groups in total. The smallest absolute Gasteiger partial charge is 0.317 e. The van der Waals surface area contributed by atoms with Crippen LogP contribution in [0.2, 0.25) is 0 Å². The first-order valence-electron chi connectivity index (χ1n) is 9.35. The van der Waals surface area contributed by atoms with Gasteiger partial charge in [-0.25, -0.2) is 0 Å². The topological polar surface area (TPSA) is 52.6 Å². The maximum absolute atomic E-state index is 11.1. The fourth-order valence-electron chi connectivity index (χ4n) is 4.24. The molecule has 0 heterocycles. The number of carboxylic acid groups (broad SMARTS) is 1. The normalized spacial score (nSPS) is 34.3. The summed E-state index contributed by atoms with van der Waals surface area (Å²) in [5.41, 5.74) is 0. The summed E-state index contributed by atoms with van der Waals surface area (Å²) in [7, 11) is 0. The Labute approximate surface area is 144 Å². The molecule has 0 aromatic rings. The van der Waals surface area contributed by atoms with E-state index in [1.807, 2.05) is 11.8 Å². The van der Waals surface area contributed by atoms with Gasteiger partial charge in [-0.3, -0.25) is 9.69 Å². The van der Waals surface area contributed by atoms with E-state index in [9.17, 15) is 4.79 Å². The van der Waals surface area contributed by atoms with Crippen molar-refractivity contribution in [2.45, 2.75) is 69.5 Å². The average Bonchev–Trinajstić information content (AvgIpc) is 3.27. The van der Waals surface area contributed by atoms with Crippen LogP contribution in [-0.4, -0.2) is 59.2 Å². The minimum atomic E-state index is -0.672. The summed E-state index contributed by atoms with van der Waals surface area (Å²) >= 11 is 1.98. The number of rotatable bonds is 9. The zero-order valence-electron chi connectivity index (χ0n) is 14.4. The van der Waals surface area contributed by atoms with Gasteiger partial charge in [-0.15, -0.1) is 0 Å². The van der Waals surface area contributed by atoms with E-state index in [1.54, 1.807) is 0 Å². The molecule has 0 unspecified atom stereocenters. The molecule has 3 fully saturated rings. The third-order valence-corrected chi connectivity index (χ3v) is 6.68. The molecule has 0 amide bonds. The third kappa shape index (κ3) is 5.36. The Hall–Kier alpha value is -0.260. The van der Waals surface area contributed by atoms with E-state index < -0.39 is 5.97 Å². The van der Waals surface area contributed by atoms with Crippen LogP contribution in [0.1, 0.15) is 51.4 Å². The Morgan fingerprint density at radius 2 is 1.74 bits per heavy atom. The lowest BCUT2D eigenvalue weighted by molar-refractivity contribution is -0.139. The van der Waals surface area contributed by atoms with Crippen LogP contribution in [0, 0.1) is 11.8 Å². The largest absolute Gasteiger partial charge is 0.480 e. The minimum Gasteiger partial charge on any atom is -0.480 e. The van der Waals surface area contributed by atoms with Gasteiger partial charge in [0.25, 0.3) is 0 Å². The summed E-state index contributed by atoms with van der Waals surface area (Å²) in [6.07, 6.45) is 12.5. The van der Waals surface area contributed by atoms with Gasteiger partial charge in [0.2, 0.25) is 0 Å². The predicted octanol–water partition coefficient (Wildman–Crippen LogP) is 2.83. The molecule has 0 bridgehead atoms. The van der Waals surface area contributed by atoms with Crippen LogP contribution in [-0.2, 0) is 4.79 Å². The molecule has 0 radical (unpaired) electrons. The molecule has 0 aliphatic heterocycles. The molecule has 4 nitrogen and oxygen atoms in total. The average molecular weight is 341 g/mol. The molecule has 3 saturated carbocycles. The summed E-state index contributed by atoms with van der Waals surface area (Å²) in [6.45, 7) is 1.23. The van der Waals surface area contributed by atoms with Gasteiger partial charge >= 0.3 is 5.97 Å². The second-order valence-corrected chi connectivity index (χ2v) is 8.84. The van der Waals surface area contributed by atoms with Crippen molar-refractivity contribution in [1.82, 2.24) is 10.2 Å². The standard InChI is InChI=1S/C18H32N2O2S/c1-23-12-14-4-6-15(7-5-14)19-16-8-17(9-16)20(11-18(21)22)10-13-2-3-13/h13-17,19H,2-12H2,1H3,(H,21,22). The van der Waals surface area contributed by atoms with Crippen molar-refractivity contribution in [3.05, 3.63) is 0 Å². The molecular weight excluding hydrogens is 308 g/mol. The molecule has 3 aliphatic rings. The number of hydrogen-bond acceptors (Lipinski definition) is 4. The highest BCUT2D eigenvalue weighted by Gasteiger charge is 2.38. The number of aliphatic carboxylic acids is 1. The number of carboxylic acids is 1. The van der Waals surface area contributed by atoms with E-state index >= 15 is 0 Å². The Bertz CT molecular complexity index is 388. The first-order valence-corrected chi connectivity index (χ1v) is 10.7. The van der Waals surface area contributed by atoms with Gasteiger partial charge < -0.3 is 10.4 Å². The SMILES string of the molecule is CSCC1CCC(NC2CC(N(CC(=O)O)CC3CC3)C2)CC1. The fourth-order valence-corrected chi connectivity index (χ4v) is 5.04. The Morgan fingerprint density at radius 3 is 2.30 bits per heavy atom. The van der Waals surface area contributed by atoms with Crippen molar-refractivity contribution in [1.29, 1.82) is 0 Å². The Balaban J connectivity index is 1.35. The van der Waals surface area contributed by atoms with Crippen molar-refractivity contribution in [3.8, 4) is 0 Å². The number of nitrogens with one attached hydrogen (secondary N) is 1. The molecular formula is C18H32N2O2S. The summed E-state index contributed by atoms with van der Waals surface area (Å²) in [5.74, 6) is 2.35. The third-order valence-electron chi connectivity index (χ3n) is 5.88. The van der Waals surface area contributed by atoms with Crippen molar-refractivity contribution in [2.75, 3.05) is 25.1 Å². The van der Waals surface area contributed by atoms with E-state index in [-0.39, 0.29) is 6.54 Å². The molecule has 5 heteroatoms. The van der Waals surface area contributed by atoms with Crippen molar-refractivity contribution < 1.29 is 9.90 Å². The lowest BCUT2D eigenvalue weighted by atomic mass is 9.82. The van der Waals surface area contributed by atoms with Gasteiger partial charge in [0.05, 0.1) is 6.54 Å². The van der Waals surface area contributed by atoms with Crippen LogP contribution in [0.3, 0.4) is 0 Å². The number of carbonyl (C=O) groups is 1. The van der Waals surface area contributed by atoms with Crippen LogP contribution >= 0.6 is 11.8 Å². The van der Waals surface area contributed by atoms with Gasteiger partial charge in [-0.05, 0) is 75.2 Å². The zero-order chi connectivity index (χ0) is 16.2. The van der Waals surface area contributed by atoms with Crippen LogP contribution in [0.25, 0.3) is 0 Å². The molecule has 0 atom stereocenters. The number of nitrogens with zero attached hydrogens (tertiary/aromatic N) is 1. The summed E-state index contributed by atoms with van der Waals surface area (Å²) in [6, 6.07) is 1.82. The number of thioether (sulfide) groups is 1. The number of hydrogen-bond donors (Lipinski definition) is 2. The van der Waals surface area contributed by atoms with Crippen LogP contribution in [0.4, 0.5) is 0 Å². The minimum absolute atomic E-state index is 0.230. The fraction of sp³-hybridized carbons (Fsp3) is 0.944. The monoisotopic (exact) mass is 340 g/mol. The molecule has 0 aromatic heterocycles.